The van der Waals surface area contributed by atoms with Gasteiger partial charge in [0, 0.05) is 0 Å². The average Bonchev–Trinajstić information content (AvgIpc) is 2.44. The van der Waals surface area contributed by atoms with E-state index in [0.29, 0.717) is 0 Å². The maximum Gasteiger partial charge on any atom is 0.334 e. The predicted octanol–water partition coefficient (Wildman–Crippen LogP) is 0.134. The number of methoxy groups -OCH3 is 1. The molecule has 2 amide bonds. The number of carbonyl (C=O) groups is 2. The average molecular weight is 279 g/mol. The number of carboxylic acids is 1. The van der Waals surface area contributed by atoms with Gasteiger partial charge in [0.15, 0.2) is 6.10 Å². The predicted molar refractivity (Wildman–Crippen MR) is 68.4 cm³/mol. The van der Waals surface area contributed by atoms with Gasteiger partial charge in [0.2, 0.25) is 0 Å². The van der Waals surface area contributed by atoms with Crippen LogP contribution in [0.15, 0.2) is 18.2 Å². The molecule has 4 N–H and O–H groups in total. The molecule has 0 aromatic heterocycles. The standard InChI is InChI=1S/C12H13N3O5/c1-20-9-4-2-3-7(5-13)10(9)15-12(19)14-6-8(16)11(17)18/h2-4,8,16H,6H2,1H3,(H,17,18)(H2,14,15,19)/t8-/m0/s1. The van der Waals surface area contributed by atoms with Crippen molar-refractivity contribution in [1.29, 1.82) is 5.26 Å². The molecule has 0 saturated heterocycles. The molecule has 0 aliphatic heterocycles. The zero-order chi connectivity index (χ0) is 15.1. The number of anilines is 1. The van der Waals surface area contributed by atoms with Gasteiger partial charge in [-0.05, 0) is 12.1 Å². The molecule has 1 aromatic carbocycles. The molecule has 0 heterocycles. The second-order valence-electron chi connectivity index (χ2n) is 3.68. The lowest BCUT2D eigenvalue weighted by Crippen LogP contribution is -2.38. The number of rotatable bonds is 5. The summed E-state index contributed by atoms with van der Waals surface area (Å²) in [6, 6.07) is 5.78. The molecule has 0 fully saturated rings. The monoisotopic (exact) mass is 279 g/mol. The van der Waals surface area contributed by atoms with Crippen molar-refractivity contribution in [3.8, 4) is 11.8 Å². The van der Waals surface area contributed by atoms with Crippen molar-refractivity contribution in [3.05, 3.63) is 23.8 Å². The van der Waals surface area contributed by atoms with Crippen molar-refractivity contribution in [3.63, 3.8) is 0 Å². The highest BCUT2D eigenvalue weighted by Gasteiger charge is 2.16. The Morgan fingerprint density at radius 3 is 2.75 bits per heavy atom. The Labute approximate surface area is 114 Å². The van der Waals surface area contributed by atoms with Crippen molar-refractivity contribution in [2.75, 3.05) is 19.0 Å². The van der Waals surface area contributed by atoms with Gasteiger partial charge >= 0.3 is 12.0 Å². The molecule has 8 heteroatoms. The summed E-state index contributed by atoms with van der Waals surface area (Å²) in [5, 5.41) is 31.0. The first-order chi connectivity index (χ1) is 9.49. The fourth-order valence-corrected chi connectivity index (χ4v) is 1.36. The van der Waals surface area contributed by atoms with E-state index in [1.165, 1.54) is 13.2 Å². The molecule has 0 aliphatic carbocycles. The second kappa shape index (κ2) is 6.96. The zero-order valence-electron chi connectivity index (χ0n) is 10.6. The van der Waals surface area contributed by atoms with Crippen LogP contribution in [-0.2, 0) is 4.79 Å². The molecule has 20 heavy (non-hydrogen) atoms. The normalized spacial score (nSPS) is 11.1. The summed E-state index contributed by atoms with van der Waals surface area (Å²) in [5.41, 5.74) is 0.359. The van der Waals surface area contributed by atoms with Crippen molar-refractivity contribution < 1.29 is 24.5 Å². The van der Waals surface area contributed by atoms with Crippen LogP contribution >= 0.6 is 0 Å². The number of hydrogen-bond acceptors (Lipinski definition) is 5. The Hall–Kier alpha value is -2.79. The number of benzene rings is 1. The molecular formula is C12H13N3O5. The summed E-state index contributed by atoms with van der Waals surface area (Å²) in [4.78, 5) is 22.0. The third kappa shape index (κ3) is 3.86. The molecule has 0 unspecified atom stereocenters. The molecule has 1 atom stereocenters. The molecule has 0 bridgehead atoms. The lowest BCUT2D eigenvalue weighted by Gasteiger charge is -2.13. The number of carbonyl (C=O) groups excluding carboxylic acids is 1. The summed E-state index contributed by atoms with van der Waals surface area (Å²) in [6.07, 6.45) is -1.70. The molecule has 0 saturated carbocycles. The molecule has 0 radical (unpaired) electrons. The van der Waals surface area contributed by atoms with Crippen LogP contribution in [0.2, 0.25) is 0 Å². The van der Waals surface area contributed by atoms with Gasteiger partial charge in [-0.15, -0.1) is 0 Å². The molecule has 106 valence electrons. The summed E-state index contributed by atoms with van der Waals surface area (Å²) < 4.78 is 5.02. The van der Waals surface area contributed by atoms with Crippen molar-refractivity contribution in [2.45, 2.75) is 6.10 Å². The van der Waals surface area contributed by atoms with Crippen molar-refractivity contribution in [2.24, 2.45) is 0 Å². The smallest absolute Gasteiger partial charge is 0.334 e. The van der Waals surface area contributed by atoms with Gasteiger partial charge in [-0.3, -0.25) is 0 Å². The van der Waals surface area contributed by atoms with Gasteiger partial charge < -0.3 is 25.6 Å². The Morgan fingerprint density at radius 2 is 2.20 bits per heavy atom. The summed E-state index contributed by atoms with van der Waals surface area (Å²) in [7, 11) is 1.38. The minimum Gasteiger partial charge on any atom is -0.495 e. The van der Waals surface area contributed by atoms with Gasteiger partial charge in [0.05, 0.1) is 19.2 Å². The van der Waals surface area contributed by atoms with Crippen LogP contribution in [0.4, 0.5) is 10.5 Å². The maximum absolute atomic E-state index is 11.6. The number of hydrogen-bond donors (Lipinski definition) is 4. The van der Waals surface area contributed by atoms with Gasteiger partial charge in [-0.25, -0.2) is 9.59 Å². The third-order valence-electron chi connectivity index (χ3n) is 2.35. The molecule has 0 spiro atoms. The number of aliphatic hydroxyl groups excluding tert-OH is 1. The van der Waals surface area contributed by atoms with Crippen molar-refractivity contribution >= 4 is 17.7 Å². The van der Waals surface area contributed by atoms with Gasteiger partial charge in [0.1, 0.15) is 17.5 Å². The minimum absolute atomic E-state index is 0.166. The van der Waals surface area contributed by atoms with E-state index in [0.717, 1.165) is 0 Å². The number of aliphatic hydroxyl groups is 1. The molecule has 1 rings (SSSR count). The number of nitrogens with zero attached hydrogens (tertiary/aromatic N) is 1. The number of para-hydroxylation sites is 1. The largest absolute Gasteiger partial charge is 0.495 e. The van der Waals surface area contributed by atoms with Gasteiger partial charge in [-0.2, -0.15) is 5.26 Å². The highest BCUT2D eigenvalue weighted by Crippen LogP contribution is 2.27. The van der Waals surface area contributed by atoms with Crippen LogP contribution in [0.1, 0.15) is 5.56 Å². The second-order valence-corrected chi connectivity index (χ2v) is 3.68. The van der Waals surface area contributed by atoms with E-state index in [-0.39, 0.29) is 17.0 Å². The number of nitrogens with one attached hydrogen (secondary N) is 2. The first kappa shape index (κ1) is 15.3. The Morgan fingerprint density at radius 1 is 1.50 bits per heavy atom. The first-order valence-electron chi connectivity index (χ1n) is 5.52. The number of ether oxygens (including phenoxy) is 1. The van der Waals surface area contributed by atoms with E-state index in [4.69, 9.17) is 20.2 Å². The third-order valence-corrected chi connectivity index (χ3v) is 2.35. The fraction of sp³-hybridized carbons (Fsp3) is 0.250. The van der Waals surface area contributed by atoms with Crippen LogP contribution in [-0.4, -0.2) is 42.0 Å². The zero-order valence-corrected chi connectivity index (χ0v) is 10.6. The van der Waals surface area contributed by atoms with E-state index in [1.54, 1.807) is 12.1 Å². The van der Waals surface area contributed by atoms with E-state index >= 15 is 0 Å². The Bertz CT molecular complexity index is 553. The summed E-state index contributed by atoms with van der Waals surface area (Å²) in [5.74, 6) is -1.15. The SMILES string of the molecule is COc1cccc(C#N)c1NC(=O)NC[C@H](O)C(=O)O. The van der Waals surface area contributed by atoms with E-state index in [2.05, 4.69) is 10.6 Å². The maximum atomic E-state index is 11.6. The van der Waals surface area contributed by atoms with Crippen LogP contribution in [0.5, 0.6) is 5.75 Å². The van der Waals surface area contributed by atoms with Crippen molar-refractivity contribution in [1.82, 2.24) is 5.32 Å². The topological polar surface area (TPSA) is 132 Å². The molecular weight excluding hydrogens is 266 g/mol. The number of amides is 2. The lowest BCUT2D eigenvalue weighted by molar-refractivity contribution is -0.146. The number of carboxylic acid groups (broad SMARTS) is 1. The van der Waals surface area contributed by atoms with Crippen LogP contribution in [0, 0.1) is 11.3 Å². The van der Waals surface area contributed by atoms with E-state index < -0.39 is 24.6 Å². The number of urea groups is 1. The number of aliphatic carboxylic acids is 1. The van der Waals surface area contributed by atoms with E-state index in [9.17, 15) is 9.59 Å². The summed E-state index contributed by atoms with van der Waals surface area (Å²) >= 11 is 0. The molecule has 8 nitrogen and oxygen atoms in total. The van der Waals surface area contributed by atoms with Crippen LogP contribution < -0.4 is 15.4 Å². The van der Waals surface area contributed by atoms with Crippen LogP contribution in [0.3, 0.4) is 0 Å². The molecule has 1 aromatic rings. The highest BCUT2D eigenvalue weighted by molar-refractivity contribution is 5.93. The first-order valence-corrected chi connectivity index (χ1v) is 5.52. The Kier molecular flexibility index (Phi) is 5.31. The number of nitriles is 1. The van der Waals surface area contributed by atoms with E-state index in [1.807, 2.05) is 6.07 Å². The van der Waals surface area contributed by atoms with Gasteiger partial charge in [-0.1, -0.05) is 6.07 Å². The fourth-order valence-electron chi connectivity index (χ4n) is 1.36. The quantitative estimate of drug-likeness (QED) is 0.606. The van der Waals surface area contributed by atoms with Crippen LogP contribution in [0.25, 0.3) is 0 Å². The minimum atomic E-state index is -1.70. The lowest BCUT2D eigenvalue weighted by atomic mass is 10.2. The van der Waals surface area contributed by atoms with Gasteiger partial charge in [0.25, 0.3) is 0 Å². The summed E-state index contributed by atoms with van der Waals surface area (Å²) in [6.45, 7) is -0.460. The molecule has 0 aliphatic rings. The Balaban J connectivity index is 2.76. The highest BCUT2D eigenvalue weighted by atomic mass is 16.5.